The standard InChI is InChI=1S/C13H16ClN5O2/c1-9(12(20)18-4-6-21-7-5-18)15-13-16-11-3-2-10(14)8-19(11)17-13/h2-3,8-9H,4-7H2,1H3,(H,15,17). The van der Waals surface area contributed by atoms with Crippen molar-refractivity contribution in [2.75, 3.05) is 31.6 Å². The van der Waals surface area contributed by atoms with Gasteiger partial charge in [-0.2, -0.15) is 4.98 Å². The highest BCUT2D eigenvalue weighted by Crippen LogP contribution is 2.12. The van der Waals surface area contributed by atoms with Gasteiger partial charge in [-0.15, -0.1) is 5.10 Å². The zero-order chi connectivity index (χ0) is 14.8. The number of hydrogen-bond acceptors (Lipinski definition) is 5. The molecule has 1 N–H and O–H groups in total. The summed E-state index contributed by atoms with van der Waals surface area (Å²) in [4.78, 5) is 18.4. The lowest BCUT2D eigenvalue weighted by Crippen LogP contribution is -2.47. The molecular weight excluding hydrogens is 294 g/mol. The molecule has 3 rings (SSSR count). The Hall–Kier alpha value is -1.86. The Morgan fingerprint density at radius 1 is 1.43 bits per heavy atom. The second kappa shape index (κ2) is 5.87. The van der Waals surface area contributed by atoms with Gasteiger partial charge in [0.05, 0.1) is 18.2 Å². The molecule has 1 aliphatic heterocycles. The third-order valence-corrected chi connectivity index (χ3v) is 3.56. The van der Waals surface area contributed by atoms with Crippen LogP contribution >= 0.6 is 11.6 Å². The molecule has 0 aromatic carbocycles. The molecule has 0 radical (unpaired) electrons. The Bertz CT molecular complexity index is 653. The smallest absolute Gasteiger partial charge is 0.245 e. The van der Waals surface area contributed by atoms with Gasteiger partial charge in [0.25, 0.3) is 0 Å². The summed E-state index contributed by atoms with van der Waals surface area (Å²) in [5.41, 5.74) is 0.674. The first kappa shape index (κ1) is 14.1. The molecule has 1 atom stereocenters. The molecule has 21 heavy (non-hydrogen) atoms. The van der Waals surface area contributed by atoms with Crippen molar-refractivity contribution < 1.29 is 9.53 Å². The van der Waals surface area contributed by atoms with E-state index in [2.05, 4.69) is 15.4 Å². The van der Waals surface area contributed by atoms with Gasteiger partial charge < -0.3 is 15.0 Å². The van der Waals surface area contributed by atoms with Crippen molar-refractivity contribution in [1.29, 1.82) is 0 Å². The summed E-state index contributed by atoms with van der Waals surface area (Å²) in [7, 11) is 0. The Morgan fingerprint density at radius 3 is 2.95 bits per heavy atom. The zero-order valence-corrected chi connectivity index (χ0v) is 12.4. The number of morpholine rings is 1. The highest BCUT2D eigenvalue weighted by Gasteiger charge is 2.23. The van der Waals surface area contributed by atoms with Gasteiger partial charge in [-0.05, 0) is 19.1 Å². The zero-order valence-electron chi connectivity index (χ0n) is 11.6. The molecule has 1 saturated heterocycles. The number of hydrogen-bond donors (Lipinski definition) is 1. The van der Waals surface area contributed by atoms with E-state index in [4.69, 9.17) is 16.3 Å². The second-order valence-corrected chi connectivity index (χ2v) is 5.33. The van der Waals surface area contributed by atoms with Gasteiger partial charge in [0.1, 0.15) is 6.04 Å². The normalized spacial score (nSPS) is 17.0. The maximum Gasteiger partial charge on any atom is 0.245 e. The molecule has 1 unspecified atom stereocenters. The number of aromatic nitrogens is 3. The fourth-order valence-electron chi connectivity index (χ4n) is 2.23. The largest absolute Gasteiger partial charge is 0.378 e. The fraction of sp³-hybridized carbons (Fsp3) is 0.462. The third kappa shape index (κ3) is 3.08. The molecule has 0 bridgehead atoms. The lowest BCUT2D eigenvalue weighted by atomic mass is 10.2. The molecule has 0 aliphatic carbocycles. The van der Waals surface area contributed by atoms with Crippen LogP contribution in [-0.4, -0.2) is 57.8 Å². The summed E-state index contributed by atoms with van der Waals surface area (Å²) in [5, 5.41) is 7.87. The van der Waals surface area contributed by atoms with Gasteiger partial charge in [0, 0.05) is 19.3 Å². The second-order valence-electron chi connectivity index (χ2n) is 4.89. The number of carbonyl (C=O) groups is 1. The predicted molar refractivity (Wildman–Crippen MR) is 78.5 cm³/mol. The molecule has 7 nitrogen and oxygen atoms in total. The molecule has 1 aliphatic rings. The van der Waals surface area contributed by atoms with E-state index in [0.29, 0.717) is 42.9 Å². The highest BCUT2D eigenvalue weighted by atomic mass is 35.5. The SMILES string of the molecule is CC(Nc1nc2ccc(Cl)cn2n1)C(=O)N1CCOCC1. The Morgan fingerprint density at radius 2 is 2.19 bits per heavy atom. The third-order valence-electron chi connectivity index (χ3n) is 3.33. The average Bonchev–Trinajstić information content (AvgIpc) is 2.88. The first-order valence-electron chi connectivity index (χ1n) is 6.78. The van der Waals surface area contributed by atoms with E-state index in [-0.39, 0.29) is 5.91 Å². The number of nitrogens with one attached hydrogen (secondary N) is 1. The molecule has 2 aromatic heterocycles. The predicted octanol–water partition coefficient (Wildman–Crippen LogP) is 1.04. The van der Waals surface area contributed by atoms with Crippen LogP contribution in [-0.2, 0) is 9.53 Å². The fourth-order valence-corrected chi connectivity index (χ4v) is 2.39. The molecule has 1 amide bonds. The van der Waals surface area contributed by atoms with Gasteiger partial charge in [0.2, 0.25) is 11.9 Å². The van der Waals surface area contributed by atoms with Crippen LogP contribution in [0.15, 0.2) is 18.3 Å². The summed E-state index contributed by atoms with van der Waals surface area (Å²) in [6, 6.07) is 3.13. The number of anilines is 1. The average molecular weight is 310 g/mol. The van der Waals surface area contributed by atoms with E-state index in [1.54, 1.807) is 34.7 Å². The monoisotopic (exact) mass is 309 g/mol. The van der Waals surface area contributed by atoms with Crippen molar-refractivity contribution in [3.05, 3.63) is 23.4 Å². The first-order chi connectivity index (χ1) is 10.1. The van der Waals surface area contributed by atoms with Crippen LogP contribution in [0.4, 0.5) is 5.95 Å². The lowest BCUT2D eigenvalue weighted by molar-refractivity contribution is -0.135. The summed E-state index contributed by atoms with van der Waals surface area (Å²) < 4.78 is 6.82. The van der Waals surface area contributed by atoms with Gasteiger partial charge in [0.15, 0.2) is 5.65 Å². The van der Waals surface area contributed by atoms with Crippen LogP contribution in [0, 0.1) is 0 Å². The minimum Gasteiger partial charge on any atom is -0.378 e. The van der Waals surface area contributed by atoms with Crippen LogP contribution in [0.25, 0.3) is 5.65 Å². The lowest BCUT2D eigenvalue weighted by Gasteiger charge is -2.29. The van der Waals surface area contributed by atoms with E-state index in [1.807, 2.05) is 0 Å². The number of nitrogens with zero attached hydrogens (tertiary/aromatic N) is 4. The maximum absolute atomic E-state index is 12.3. The summed E-state index contributed by atoms with van der Waals surface area (Å²) >= 11 is 5.90. The number of rotatable bonds is 3. The first-order valence-corrected chi connectivity index (χ1v) is 7.16. The van der Waals surface area contributed by atoms with E-state index >= 15 is 0 Å². The van der Waals surface area contributed by atoms with Crippen LogP contribution in [0.3, 0.4) is 0 Å². The molecule has 8 heteroatoms. The van der Waals surface area contributed by atoms with Crippen LogP contribution in [0.2, 0.25) is 5.02 Å². The minimum atomic E-state index is -0.393. The van der Waals surface area contributed by atoms with Gasteiger partial charge >= 0.3 is 0 Å². The quantitative estimate of drug-likeness (QED) is 0.917. The topological polar surface area (TPSA) is 71.8 Å². The van der Waals surface area contributed by atoms with Gasteiger partial charge in [-0.1, -0.05) is 11.6 Å². The van der Waals surface area contributed by atoms with Crippen LogP contribution in [0.5, 0.6) is 0 Å². The molecule has 2 aromatic rings. The molecule has 0 spiro atoms. The summed E-state index contributed by atoms with van der Waals surface area (Å²) in [5.74, 6) is 0.432. The molecule has 1 fully saturated rings. The number of ether oxygens (including phenoxy) is 1. The maximum atomic E-state index is 12.3. The van der Waals surface area contributed by atoms with Gasteiger partial charge in [-0.3, -0.25) is 4.79 Å². The minimum absolute atomic E-state index is 0.0233. The number of carbonyl (C=O) groups excluding carboxylic acids is 1. The van der Waals surface area contributed by atoms with Gasteiger partial charge in [-0.25, -0.2) is 4.52 Å². The highest BCUT2D eigenvalue weighted by molar-refractivity contribution is 6.30. The number of halogens is 1. The number of fused-ring (bicyclic) bond motifs is 1. The van der Waals surface area contributed by atoms with Crippen LogP contribution < -0.4 is 5.32 Å². The number of pyridine rings is 1. The molecule has 0 saturated carbocycles. The van der Waals surface area contributed by atoms with Crippen molar-refractivity contribution in [2.24, 2.45) is 0 Å². The van der Waals surface area contributed by atoms with Crippen molar-refractivity contribution in [3.8, 4) is 0 Å². The van der Waals surface area contributed by atoms with Crippen molar-refractivity contribution >= 4 is 29.1 Å². The van der Waals surface area contributed by atoms with E-state index < -0.39 is 6.04 Å². The molecular formula is C13H16ClN5O2. The van der Waals surface area contributed by atoms with Crippen LogP contribution in [0.1, 0.15) is 6.92 Å². The van der Waals surface area contributed by atoms with Crippen molar-refractivity contribution in [1.82, 2.24) is 19.5 Å². The number of amides is 1. The summed E-state index contributed by atoms with van der Waals surface area (Å²) in [6.07, 6.45) is 1.67. The van der Waals surface area contributed by atoms with Crippen molar-refractivity contribution in [2.45, 2.75) is 13.0 Å². The van der Waals surface area contributed by atoms with E-state index in [1.165, 1.54) is 0 Å². The molecule has 3 heterocycles. The Labute approximate surface area is 126 Å². The van der Waals surface area contributed by atoms with E-state index in [9.17, 15) is 4.79 Å². The Balaban J connectivity index is 1.70. The van der Waals surface area contributed by atoms with Crippen molar-refractivity contribution in [3.63, 3.8) is 0 Å². The van der Waals surface area contributed by atoms with E-state index in [0.717, 1.165) is 0 Å². The Kier molecular flexibility index (Phi) is 3.94. The summed E-state index contributed by atoms with van der Waals surface area (Å²) in [6.45, 7) is 4.22. The molecule has 112 valence electrons.